The van der Waals surface area contributed by atoms with Crippen LogP contribution in [-0.4, -0.2) is 50.3 Å². The normalized spacial score (nSPS) is 26.6. The summed E-state index contributed by atoms with van der Waals surface area (Å²) in [5, 5.41) is 3.65. The van der Waals surface area contributed by atoms with Crippen molar-refractivity contribution in [2.45, 2.75) is 45.8 Å². The van der Waals surface area contributed by atoms with Crippen LogP contribution in [0.2, 0.25) is 0 Å². The minimum Gasteiger partial charge on any atom is -0.378 e. The number of hydrogen-bond acceptors (Lipinski definition) is 3. The van der Waals surface area contributed by atoms with Crippen molar-refractivity contribution in [1.29, 1.82) is 0 Å². The number of nitrogens with one attached hydrogen (secondary N) is 1. The molecule has 1 aliphatic heterocycles. The first-order chi connectivity index (χ1) is 7.63. The van der Waals surface area contributed by atoms with Gasteiger partial charge in [-0.2, -0.15) is 0 Å². The molecule has 0 saturated carbocycles. The van der Waals surface area contributed by atoms with Gasteiger partial charge in [0.1, 0.15) is 0 Å². The average Bonchev–Trinajstić information content (AvgIpc) is 2.29. The monoisotopic (exact) mass is 228 g/mol. The molecule has 0 aliphatic carbocycles. The zero-order chi connectivity index (χ0) is 12.0. The zero-order valence-corrected chi connectivity index (χ0v) is 11.3. The molecule has 0 amide bonds. The number of nitrogens with zero attached hydrogens (tertiary/aromatic N) is 1. The van der Waals surface area contributed by atoms with Crippen molar-refractivity contribution in [3.63, 3.8) is 0 Å². The summed E-state index contributed by atoms with van der Waals surface area (Å²) >= 11 is 0. The van der Waals surface area contributed by atoms with Crippen LogP contribution in [0.3, 0.4) is 0 Å². The minimum absolute atomic E-state index is 0.454. The average molecular weight is 228 g/mol. The van der Waals surface area contributed by atoms with Gasteiger partial charge in [-0.1, -0.05) is 20.8 Å². The van der Waals surface area contributed by atoms with Gasteiger partial charge in [-0.05, 0) is 32.4 Å². The summed E-state index contributed by atoms with van der Waals surface area (Å²) in [4.78, 5) is 2.34. The van der Waals surface area contributed by atoms with Gasteiger partial charge in [0.2, 0.25) is 0 Å². The third kappa shape index (κ3) is 4.81. The Morgan fingerprint density at radius 3 is 2.81 bits per heavy atom. The summed E-state index contributed by atoms with van der Waals surface area (Å²) in [5.74, 6) is 0.642. The molecule has 0 spiro atoms. The largest absolute Gasteiger partial charge is 0.378 e. The van der Waals surface area contributed by atoms with Crippen molar-refractivity contribution >= 4 is 0 Å². The van der Waals surface area contributed by atoms with Crippen molar-refractivity contribution in [3.05, 3.63) is 0 Å². The van der Waals surface area contributed by atoms with Gasteiger partial charge in [0.15, 0.2) is 0 Å². The van der Waals surface area contributed by atoms with Crippen molar-refractivity contribution in [2.75, 3.05) is 33.3 Å². The van der Waals surface area contributed by atoms with Crippen LogP contribution in [0.5, 0.6) is 0 Å². The van der Waals surface area contributed by atoms with E-state index in [9.17, 15) is 0 Å². The molecule has 1 rings (SSSR count). The highest BCUT2D eigenvalue weighted by Crippen LogP contribution is 2.19. The highest BCUT2D eigenvalue weighted by atomic mass is 16.5. The Labute approximate surface area is 101 Å². The van der Waals surface area contributed by atoms with Gasteiger partial charge in [0.25, 0.3) is 0 Å². The molecule has 0 radical (unpaired) electrons. The number of rotatable bonds is 6. The predicted octanol–water partition coefficient (Wildman–Crippen LogP) is 1.73. The van der Waals surface area contributed by atoms with Gasteiger partial charge in [-0.3, -0.25) is 0 Å². The highest BCUT2D eigenvalue weighted by Gasteiger charge is 2.24. The van der Waals surface area contributed by atoms with E-state index >= 15 is 0 Å². The van der Waals surface area contributed by atoms with Gasteiger partial charge in [-0.25, -0.2) is 0 Å². The van der Waals surface area contributed by atoms with Crippen LogP contribution in [-0.2, 0) is 4.74 Å². The minimum atomic E-state index is 0.454. The van der Waals surface area contributed by atoms with E-state index in [0.717, 1.165) is 26.2 Å². The molecule has 3 nitrogen and oxygen atoms in total. The molecule has 3 heteroatoms. The molecule has 1 heterocycles. The van der Waals surface area contributed by atoms with E-state index in [4.69, 9.17) is 4.74 Å². The summed E-state index contributed by atoms with van der Waals surface area (Å²) in [6.45, 7) is 11.0. The second kappa shape index (κ2) is 7.25. The second-order valence-electron chi connectivity index (χ2n) is 5.22. The third-order valence-corrected chi connectivity index (χ3v) is 3.53. The first-order valence-corrected chi connectivity index (χ1v) is 6.67. The van der Waals surface area contributed by atoms with Gasteiger partial charge >= 0.3 is 0 Å². The predicted molar refractivity (Wildman–Crippen MR) is 68.8 cm³/mol. The Hall–Kier alpha value is -0.120. The van der Waals surface area contributed by atoms with Crippen LogP contribution in [0.1, 0.15) is 33.6 Å². The molecule has 1 fully saturated rings. The van der Waals surface area contributed by atoms with E-state index < -0.39 is 0 Å². The summed E-state index contributed by atoms with van der Waals surface area (Å²) in [6.07, 6.45) is 2.79. The zero-order valence-electron chi connectivity index (χ0n) is 11.3. The Balaban J connectivity index is 2.17. The lowest BCUT2D eigenvalue weighted by molar-refractivity contribution is -0.0244. The molecule has 0 aromatic heterocycles. The van der Waals surface area contributed by atoms with E-state index in [1.54, 1.807) is 0 Å². The number of hydrogen-bond donors (Lipinski definition) is 1. The topological polar surface area (TPSA) is 24.5 Å². The Bertz CT molecular complexity index is 185. The Morgan fingerprint density at radius 1 is 1.44 bits per heavy atom. The molecule has 2 unspecified atom stereocenters. The van der Waals surface area contributed by atoms with Crippen LogP contribution >= 0.6 is 0 Å². The summed E-state index contributed by atoms with van der Waals surface area (Å²) in [5.41, 5.74) is 0. The Kier molecular flexibility index (Phi) is 6.32. The van der Waals surface area contributed by atoms with E-state index in [-0.39, 0.29) is 0 Å². The first kappa shape index (κ1) is 13.9. The van der Waals surface area contributed by atoms with Crippen LogP contribution in [0.4, 0.5) is 0 Å². The van der Waals surface area contributed by atoms with Crippen molar-refractivity contribution in [3.8, 4) is 0 Å². The fourth-order valence-corrected chi connectivity index (χ4v) is 2.10. The molecule has 2 atom stereocenters. The lowest BCUT2D eigenvalue weighted by Crippen LogP contribution is -2.43. The van der Waals surface area contributed by atoms with Gasteiger partial charge in [0.05, 0.1) is 6.10 Å². The smallest absolute Gasteiger partial charge is 0.0612 e. The van der Waals surface area contributed by atoms with E-state index in [1.165, 1.54) is 12.8 Å². The maximum absolute atomic E-state index is 5.77. The van der Waals surface area contributed by atoms with Crippen LogP contribution in [0, 0.1) is 5.92 Å². The Morgan fingerprint density at radius 2 is 2.19 bits per heavy atom. The molecule has 1 saturated heterocycles. The maximum Gasteiger partial charge on any atom is 0.0612 e. The van der Waals surface area contributed by atoms with Crippen molar-refractivity contribution < 1.29 is 4.74 Å². The molecule has 16 heavy (non-hydrogen) atoms. The number of ether oxygens (including phenoxy) is 1. The van der Waals surface area contributed by atoms with E-state index in [2.05, 4.69) is 38.0 Å². The standard InChI is InChI=1S/C13H28N2O/c1-5-15(4)8-7-14-12-6-9-16-13(10-12)11(2)3/h11-14H,5-10H2,1-4H3. The third-order valence-electron chi connectivity index (χ3n) is 3.53. The molecule has 0 aromatic rings. The summed E-state index contributed by atoms with van der Waals surface area (Å²) in [7, 11) is 2.17. The molecular weight excluding hydrogens is 200 g/mol. The lowest BCUT2D eigenvalue weighted by Gasteiger charge is -2.32. The van der Waals surface area contributed by atoms with Gasteiger partial charge in [0, 0.05) is 25.7 Å². The van der Waals surface area contributed by atoms with Crippen molar-refractivity contribution in [2.24, 2.45) is 5.92 Å². The quantitative estimate of drug-likeness (QED) is 0.749. The van der Waals surface area contributed by atoms with Crippen LogP contribution < -0.4 is 5.32 Å². The lowest BCUT2D eigenvalue weighted by atomic mass is 9.95. The maximum atomic E-state index is 5.77. The molecule has 0 bridgehead atoms. The molecule has 0 aromatic carbocycles. The SMILES string of the molecule is CCN(C)CCNC1CCOC(C(C)C)C1. The molecular formula is C13H28N2O. The summed E-state index contributed by atoms with van der Waals surface area (Å²) in [6, 6.07) is 0.659. The van der Waals surface area contributed by atoms with Crippen molar-refractivity contribution in [1.82, 2.24) is 10.2 Å². The first-order valence-electron chi connectivity index (χ1n) is 6.67. The fraction of sp³-hybridized carbons (Fsp3) is 1.00. The van der Waals surface area contributed by atoms with Crippen LogP contribution in [0.15, 0.2) is 0 Å². The highest BCUT2D eigenvalue weighted by molar-refractivity contribution is 4.78. The van der Waals surface area contributed by atoms with E-state index in [1.807, 2.05) is 0 Å². The molecule has 1 aliphatic rings. The van der Waals surface area contributed by atoms with Gasteiger partial charge < -0.3 is 15.0 Å². The summed E-state index contributed by atoms with van der Waals surface area (Å²) < 4.78 is 5.77. The van der Waals surface area contributed by atoms with E-state index in [0.29, 0.717) is 18.1 Å². The molecule has 1 N–H and O–H groups in total. The number of likely N-dealkylation sites (N-methyl/N-ethyl adjacent to an activating group) is 1. The molecule has 96 valence electrons. The fourth-order valence-electron chi connectivity index (χ4n) is 2.10. The second-order valence-corrected chi connectivity index (χ2v) is 5.22. The van der Waals surface area contributed by atoms with Gasteiger partial charge in [-0.15, -0.1) is 0 Å². The van der Waals surface area contributed by atoms with Crippen LogP contribution in [0.25, 0.3) is 0 Å².